The zero-order chi connectivity index (χ0) is 27.1. The molecule has 0 aromatic heterocycles. The zero-order valence-corrected chi connectivity index (χ0v) is 22.7. The van der Waals surface area contributed by atoms with Gasteiger partial charge in [0.05, 0.1) is 18.3 Å². The molecule has 0 aliphatic carbocycles. The van der Waals surface area contributed by atoms with Gasteiger partial charge in [0.2, 0.25) is 20.0 Å². The van der Waals surface area contributed by atoms with Crippen LogP contribution in [0.2, 0.25) is 0 Å². The van der Waals surface area contributed by atoms with E-state index < -0.39 is 38.1 Å². The Morgan fingerprint density at radius 2 is 1.35 bits per heavy atom. The second-order valence-corrected chi connectivity index (χ2v) is 12.5. The molecule has 8 nitrogen and oxygen atoms in total. The fourth-order valence-corrected chi connectivity index (χ4v) is 6.33. The summed E-state index contributed by atoms with van der Waals surface area (Å²) in [5.41, 5.74) is 2.46. The lowest BCUT2D eigenvalue weighted by Gasteiger charge is -2.31. The molecule has 0 radical (unpaired) electrons. The molecule has 198 valence electrons. The minimum atomic E-state index is -3.99. The van der Waals surface area contributed by atoms with E-state index in [2.05, 4.69) is 4.72 Å². The monoisotopic (exact) mass is 544 g/mol. The third-order valence-electron chi connectivity index (χ3n) is 5.90. The standard InChI is InChI=1S/C27H32N2O6S2/c1-21-14-16-25(17-15-21)37(33,34)28-24(18-22-10-6-4-7-11-22)20-29(36(3,31)32)26(27(30)35-2)19-23-12-8-5-9-13-23/h4-17,24,26,28H,18-20H2,1-3H3/t24-,26-/m0/s1. The van der Waals surface area contributed by atoms with Gasteiger partial charge in [-0.05, 0) is 43.0 Å². The van der Waals surface area contributed by atoms with Crippen LogP contribution in [-0.4, -0.2) is 59.1 Å². The van der Waals surface area contributed by atoms with E-state index in [-0.39, 0.29) is 24.3 Å². The molecular weight excluding hydrogens is 512 g/mol. The van der Waals surface area contributed by atoms with Crippen LogP contribution < -0.4 is 4.72 Å². The molecule has 3 aromatic carbocycles. The van der Waals surface area contributed by atoms with Crippen molar-refractivity contribution in [2.45, 2.75) is 36.7 Å². The summed E-state index contributed by atoms with van der Waals surface area (Å²) in [6.45, 7) is 1.58. The molecule has 0 heterocycles. The highest BCUT2D eigenvalue weighted by Crippen LogP contribution is 2.18. The number of aryl methyl sites for hydroxylation is 1. The lowest BCUT2D eigenvalue weighted by Crippen LogP contribution is -2.53. The average Bonchev–Trinajstić information content (AvgIpc) is 2.86. The van der Waals surface area contributed by atoms with E-state index >= 15 is 0 Å². The van der Waals surface area contributed by atoms with Crippen LogP contribution >= 0.6 is 0 Å². The number of carbonyl (C=O) groups excluding carboxylic acids is 1. The van der Waals surface area contributed by atoms with Gasteiger partial charge in [-0.15, -0.1) is 0 Å². The molecule has 37 heavy (non-hydrogen) atoms. The Morgan fingerprint density at radius 3 is 1.84 bits per heavy atom. The molecule has 0 saturated heterocycles. The van der Waals surface area contributed by atoms with Crippen molar-refractivity contribution in [3.05, 3.63) is 102 Å². The van der Waals surface area contributed by atoms with Gasteiger partial charge in [0.25, 0.3) is 0 Å². The molecule has 0 saturated carbocycles. The molecule has 0 unspecified atom stereocenters. The molecule has 0 bridgehead atoms. The number of esters is 1. The number of ether oxygens (including phenoxy) is 1. The lowest BCUT2D eigenvalue weighted by molar-refractivity contribution is -0.145. The molecule has 0 fully saturated rings. The van der Waals surface area contributed by atoms with Gasteiger partial charge in [-0.1, -0.05) is 78.4 Å². The summed E-state index contributed by atoms with van der Waals surface area (Å²) >= 11 is 0. The first-order valence-electron chi connectivity index (χ1n) is 11.7. The van der Waals surface area contributed by atoms with Gasteiger partial charge >= 0.3 is 5.97 Å². The predicted molar refractivity (Wildman–Crippen MR) is 143 cm³/mol. The molecule has 0 amide bonds. The summed E-state index contributed by atoms with van der Waals surface area (Å²) in [4.78, 5) is 12.9. The highest BCUT2D eigenvalue weighted by molar-refractivity contribution is 7.89. The first-order chi connectivity index (χ1) is 17.5. The van der Waals surface area contributed by atoms with E-state index in [0.717, 1.165) is 27.3 Å². The Kier molecular flexibility index (Phi) is 9.61. The van der Waals surface area contributed by atoms with E-state index in [0.29, 0.717) is 0 Å². The summed E-state index contributed by atoms with van der Waals surface area (Å²) < 4.78 is 61.1. The number of hydrogen-bond acceptors (Lipinski definition) is 6. The maximum Gasteiger partial charge on any atom is 0.324 e. The number of rotatable bonds is 12. The van der Waals surface area contributed by atoms with Crippen LogP contribution in [0.4, 0.5) is 0 Å². The number of methoxy groups -OCH3 is 1. The SMILES string of the molecule is COC(=O)[C@H](Cc1ccccc1)N(C[C@H](Cc1ccccc1)NS(=O)(=O)c1ccc(C)cc1)S(C)(=O)=O. The van der Waals surface area contributed by atoms with Crippen molar-refractivity contribution >= 4 is 26.0 Å². The van der Waals surface area contributed by atoms with Crippen LogP contribution in [0.25, 0.3) is 0 Å². The average molecular weight is 545 g/mol. The van der Waals surface area contributed by atoms with Crippen LogP contribution in [-0.2, 0) is 42.4 Å². The van der Waals surface area contributed by atoms with Crippen LogP contribution in [0.1, 0.15) is 16.7 Å². The summed E-state index contributed by atoms with van der Waals surface area (Å²) in [5.74, 6) is -0.728. The van der Waals surface area contributed by atoms with E-state index in [4.69, 9.17) is 4.74 Å². The number of benzene rings is 3. The fraction of sp³-hybridized carbons (Fsp3) is 0.296. The first-order valence-corrected chi connectivity index (χ1v) is 15.0. The molecule has 2 atom stereocenters. The zero-order valence-electron chi connectivity index (χ0n) is 21.1. The summed E-state index contributed by atoms with van der Waals surface area (Å²) in [6.07, 6.45) is 1.28. The number of hydrogen-bond donors (Lipinski definition) is 1. The Hall–Kier alpha value is -3.05. The van der Waals surface area contributed by atoms with Gasteiger partial charge in [-0.25, -0.2) is 21.6 Å². The van der Waals surface area contributed by atoms with Crippen LogP contribution in [0.15, 0.2) is 89.8 Å². The molecule has 3 rings (SSSR count). The Bertz CT molecular complexity index is 1380. The smallest absolute Gasteiger partial charge is 0.324 e. The van der Waals surface area contributed by atoms with E-state index in [1.165, 1.54) is 19.2 Å². The van der Waals surface area contributed by atoms with Gasteiger partial charge in [0.15, 0.2) is 0 Å². The third kappa shape index (κ3) is 8.22. The number of carbonyl (C=O) groups is 1. The Balaban J connectivity index is 1.99. The maximum atomic E-state index is 13.3. The minimum Gasteiger partial charge on any atom is -0.468 e. The molecular formula is C27H32N2O6S2. The predicted octanol–water partition coefficient (Wildman–Crippen LogP) is 2.93. The van der Waals surface area contributed by atoms with Crippen molar-refractivity contribution in [2.24, 2.45) is 0 Å². The minimum absolute atomic E-state index is 0.0656. The molecule has 0 spiro atoms. The van der Waals surface area contributed by atoms with Crippen molar-refractivity contribution in [1.82, 2.24) is 9.03 Å². The van der Waals surface area contributed by atoms with Gasteiger partial charge in [0.1, 0.15) is 6.04 Å². The van der Waals surface area contributed by atoms with Gasteiger partial charge in [-0.2, -0.15) is 4.31 Å². The highest BCUT2D eigenvalue weighted by atomic mass is 32.2. The number of sulfonamides is 2. The molecule has 0 aliphatic heterocycles. The molecule has 1 N–H and O–H groups in total. The van der Waals surface area contributed by atoms with Gasteiger partial charge in [-0.3, -0.25) is 4.79 Å². The van der Waals surface area contributed by atoms with E-state index in [9.17, 15) is 21.6 Å². The third-order valence-corrected chi connectivity index (χ3v) is 8.69. The van der Waals surface area contributed by atoms with Crippen LogP contribution in [0, 0.1) is 6.92 Å². The van der Waals surface area contributed by atoms with Crippen molar-refractivity contribution in [3.8, 4) is 0 Å². The summed E-state index contributed by atoms with van der Waals surface area (Å²) in [7, 11) is -6.74. The lowest BCUT2D eigenvalue weighted by atomic mass is 10.0. The van der Waals surface area contributed by atoms with Crippen molar-refractivity contribution in [3.63, 3.8) is 0 Å². The maximum absolute atomic E-state index is 13.3. The van der Waals surface area contributed by atoms with Crippen LogP contribution in [0.5, 0.6) is 0 Å². The fourth-order valence-electron chi connectivity index (χ4n) is 4.03. The first kappa shape index (κ1) is 28.5. The normalized spacial score (nSPS) is 13.7. The van der Waals surface area contributed by atoms with Crippen LogP contribution in [0.3, 0.4) is 0 Å². The molecule has 3 aromatic rings. The highest BCUT2D eigenvalue weighted by Gasteiger charge is 2.36. The largest absolute Gasteiger partial charge is 0.468 e. The number of nitrogens with zero attached hydrogens (tertiary/aromatic N) is 1. The van der Waals surface area contributed by atoms with Crippen molar-refractivity contribution in [2.75, 3.05) is 19.9 Å². The second-order valence-electron chi connectivity index (χ2n) is 8.88. The molecule has 0 aliphatic rings. The Labute approximate surface area is 219 Å². The number of nitrogens with one attached hydrogen (secondary N) is 1. The van der Waals surface area contributed by atoms with E-state index in [1.54, 1.807) is 36.4 Å². The summed E-state index contributed by atoms with van der Waals surface area (Å²) in [6, 6.07) is 22.5. The van der Waals surface area contributed by atoms with Gasteiger partial charge < -0.3 is 4.74 Å². The topological polar surface area (TPSA) is 110 Å². The van der Waals surface area contributed by atoms with Crippen molar-refractivity contribution in [1.29, 1.82) is 0 Å². The molecule has 10 heteroatoms. The summed E-state index contributed by atoms with van der Waals surface area (Å²) in [5, 5.41) is 0. The second kappa shape index (κ2) is 12.5. The van der Waals surface area contributed by atoms with Crippen molar-refractivity contribution < 1.29 is 26.4 Å². The van der Waals surface area contributed by atoms with E-state index in [1.807, 2.05) is 43.3 Å². The Morgan fingerprint density at radius 1 is 0.838 bits per heavy atom. The van der Waals surface area contributed by atoms with Gasteiger partial charge in [0, 0.05) is 12.6 Å². The quantitative estimate of drug-likeness (QED) is 0.351.